The fourth-order valence-electron chi connectivity index (χ4n) is 2.86. The van der Waals surface area contributed by atoms with Crippen LogP contribution in [0.2, 0.25) is 0 Å². The van der Waals surface area contributed by atoms with Crippen LogP contribution in [0.3, 0.4) is 0 Å². The molecule has 0 saturated heterocycles. The minimum atomic E-state index is -0.454. The van der Waals surface area contributed by atoms with Crippen LogP contribution in [-0.4, -0.2) is 29.4 Å². The number of halogens is 1. The Bertz CT molecular complexity index is 1050. The maximum Gasteiger partial charge on any atom is 0.344 e. The summed E-state index contributed by atoms with van der Waals surface area (Å²) < 4.78 is 24.0. The summed E-state index contributed by atoms with van der Waals surface area (Å²) in [4.78, 5) is 28.7. The topological polar surface area (TPSA) is 65.5 Å². The van der Waals surface area contributed by atoms with Gasteiger partial charge in [0.05, 0.1) is 11.8 Å². The first-order valence-corrected chi connectivity index (χ1v) is 9.58. The van der Waals surface area contributed by atoms with Gasteiger partial charge in [0.2, 0.25) is 0 Å². The van der Waals surface area contributed by atoms with E-state index in [1.165, 1.54) is 12.1 Å². The van der Waals surface area contributed by atoms with Crippen molar-refractivity contribution >= 4 is 11.8 Å². The number of esters is 1. The molecule has 0 aliphatic rings. The van der Waals surface area contributed by atoms with Crippen molar-refractivity contribution < 1.29 is 23.5 Å². The third-order valence-corrected chi connectivity index (χ3v) is 4.14. The van der Waals surface area contributed by atoms with Crippen molar-refractivity contribution in [3.05, 3.63) is 83.8 Å². The molecule has 6 heteroatoms. The van der Waals surface area contributed by atoms with E-state index in [1.807, 2.05) is 0 Å². The molecule has 2 aromatic carbocycles. The Morgan fingerprint density at radius 1 is 1.00 bits per heavy atom. The average molecular weight is 407 g/mol. The summed E-state index contributed by atoms with van der Waals surface area (Å²) in [5.74, 6) is -0.517. The van der Waals surface area contributed by atoms with Crippen LogP contribution < -0.4 is 4.74 Å². The van der Waals surface area contributed by atoms with Gasteiger partial charge in [0, 0.05) is 12.0 Å². The molecule has 0 unspecified atom stereocenters. The van der Waals surface area contributed by atoms with E-state index in [0.717, 1.165) is 5.56 Å². The van der Waals surface area contributed by atoms with Gasteiger partial charge >= 0.3 is 5.97 Å². The van der Waals surface area contributed by atoms with Crippen LogP contribution in [0.25, 0.3) is 11.3 Å². The van der Waals surface area contributed by atoms with E-state index < -0.39 is 5.97 Å². The van der Waals surface area contributed by atoms with Crippen molar-refractivity contribution in [1.82, 2.24) is 4.98 Å². The monoisotopic (exact) mass is 407 g/mol. The Labute approximate surface area is 174 Å². The Morgan fingerprint density at radius 2 is 1.77 bits per heavy atom. The highest BCUT2D eigenvalue weighted by molar-refractivity contribution is 5.96. The molecule has 0 fully saturated rings. The molecule has 3 rings (SSSR count). The van der Waals surface area contributed by atoms with Gasteiger partial charge in [0.15, 0.2) is 12.4 Å². The molecular formula is C24H22FNO4. The largest absolute Gasteiger partial charge is 0.482 e. The molecular weight excluding hydrogens is 385 g/mol. The molecule has 1 heterocycles. The molecule has 0 aliphatic heterocycles. The number of Topliss-reactive ketones (excluding diaryl/α,β-unsaturated/α-hetero) is 1. The molecule has 0 saturated carbocycles. The number of nitrogens with zero attached hydrogens (tertiary/aromatic N) is 1. The highest BCUT2D eigenvalue weighted by Gasteiger charge is 2.12. The van der Waals surface area contributed by atoms with Crippen molar-refractivity contribution in [2.45, 2.75) is 26.4 Å². The van der Waals surface area contributed by atoms with Gasteiger partial charge in [0.1, 0.15) is 17.3 Å². The number of ether oxygens (including phenoxy) is 2. The van der Waals surface area contributed by atoms with E-state index in [-0.39, 0.29) is 30.7 Å². The van der Waals surface area contributed by atoms with Crippen LogP contribution in [0, 0.1) is 5.82 Å². The molecule has 0 spiro atoms. The second-order valence-electron chi connectivity index (χ2n) is 6.99. The SMILES string of the molecule is CC(C)OC(=O)COc1cccc(CC(=O)c2cccc(-c3cccc(F)c3)n2)c1. The quantitative estimate of drug-likeness (QED) is 0.402. The number of benzene rings is 2. The second kappa shape index (κ2) is 9.78. The summed E-state index contributed by atoms with van der Waals surface area (Å²) in [5.41, 5.74) is 2.16. The Kier molecular flexibility index (Phi) is 6.91. The predicted octanol–water partition coefficient (Wildman–Crippen LogP) is 4.64. The molecule has 0 radical (unpaired) electrons. The zero-order valence-electron chi connectivity index (χ0n) is 16.8. The summed E-state index contributed by atoms with van der Waals surface area (Å²) in [5, 5.41) is 0. The molecule has 0 amide bonds. The van der Waals surface area contributed by atoms with Gasteiger partial charge in [0.25, 0.3) is 0 Å². The lowest BCUT2D eigenvalue weighted by molar-refractivity contribution is -0.149. The maximum atomic E-state index is 13.5. The van der Waals surface area contributed by atoms with E-state index in [0.29, 0.717) is 22.7 Å². The summed E-state index contributed by atoms with van der Waals surface area (Å²) in [6.45, 7) is 3.33. The lowest BCUT2D eigenvalue weighted by atomic mass is 10.1. The van der Waals surface area contributed by atoms with Gasteiger partial charge in [-0.25, -0.2) is 14.2 Å². The van der Waals surface area contributed by atoms with E-state index in [1.54, 1.807) is 68.4 Å². The fraction of sp³-hybridized carbons (Fsp3) is 0.208. The van der Waals surface area contributed by atoms with Gasteiger partial charge in [-0.2, -0.15) is 0 Å². The number of hydrogen-bond acceptors (Lipinski definition) is 5. The minimum absolute atomic E-state index is 0.118. The number of aromatic nitrogens is 1. The first-order chi connectivity index (χ1) is 14.4. The Hall–Kier alpha value is -3.54. The zero-order chi connectivity index (χ0) is 21.5. The number of pyridine rings is 1. The fourth-order valence-corrected chi connectivity index (χ4v) is 2.86. The van der Waals surface area contributed by atoms with Crippen LogP contribution in [0.4, 0.5) is 4.39 Å². The summed E-state index contributed by atoms with van der Waals surface area (Å²) in [6, 6.07) is 18.1. The van der Waals surface area contributed by atoms with Crippen LogP contribution in [0.1, 0.15) is 29.9 Å². The highest BCUT2D eigenvalue weighted by Crippen LogP contribution is 2.20. The Balaban J connectivity index is 1.68. The normalized spacial score (nSPS) is 10.7. The summed E-state index contributed by atoms with van der Waals surface area (Å²) >= 11 is 0. The molecule has 5 nitrogen and oxygen atoms in total. The van der Waals surface area contributed by atoms with Crippen LogP contribution in [0.15, 0.2) is 66.7 Å². The van der Waals surface area contributed by atoms with Crippen LogP contribution in [0.5, 0.6) is 5.75 Å². The standard InChI is InChI=1S/C24H22FNO4/c1-16(2)30-24(28)15-29-20-9-3-6-17(12-20)13-23(27)22-11-5-10-21(26-22)18-7-4-8-19(25)14-18/h3-12,14,16H,13,15H2,1-2H3. The zero-order valence-corrected chi connectivity index (χ0v) is 16.8. The summed E-state index contributed by atoms with van der Waals surface area (Å²) in [6.07, 6.45) is -0.0894. The number of ketones is 1. The van der Waals surface area contributed by atoms with Crippen molar-refractivity contribution in [2.75, 3.05) is 6.61 Å². The third kappa shape index (κ3) is 5.98. The second-order valence-corrected chi connectivity index (χ2v) is 6.99. The number of carbonyl (C=O) groups excluding carboxylic acids is 2. The lowest BCUT2D eigenvalue weighted by Crippen LogP contribution is -2.18. The van der Waals surface area contributed by atoms with E-state index in [2.05, 4.69) is 4.98 Å². The van der Waals surface area contributed by atoms with Crippen LogP contribution >= 0.6 is 0 Å². The summed E-state index contributed by atoms with van der Waals surface area (Å²) in [7, 11) is 0. The van der Waals surface area contributed by atoms with Gasteiger partial charge in [-0.05, 0) is 55.8 Å². The number of rotatable bonds is 8. The number of carbonyl (C=O) groups is 2. The van der Waals surface area contributed by atoms with E-state index >= 15 is 0 Å². The molecule has 30 heavy (non-hydrogen) atoms. The van der Waals surface area contributed by atoms with Crippen molar-refractivity contribution in [3.63, 3.8) is 0 Å². The van der Waals surface area contributed by atoms with Crippen molar-refractivity contribution in [3.8, 4) is 17.0 Å². The van der Waals surface area contributed by atoms with Crippen molar-refractivity contribution in [2.24, 2.45) is 0 Å². The van der Waals surface area contributed by atoms with Crippen LogP contribution in [-0.2, 0) is 16.0 Å². The number of hydrogen-bond donors (Lipinski definition) is 0. The van der Waals surface area contributed by atoms with Gasteiger partial charge < -0.3 is 9.47 Å². The van der Waals surface area contributed by atoms with E-state index in [4.69, 9.17) is 9.47 Å². The van der Waals surface area contributed by atoms with E-state index in [9.17, 15) is 14.0 Å². The first-order valence-electron chi connectivity index (χ1n) is 9.58. The molecule has 0 bridgehead atoms. The average Bonchev–Trinajstić information content (AvgIpc) is 2.72. The third-order valence-electron chi connectivity index (χ3n) is 4.14. The molecule has 0 atom stereocenters. The lowest BCUT2D eigenvalue weighted by Gasteiger charge is -2.10. The molecule has 3 aromatic rings. The molecule has 1 aromatic heterocycles. The van der Waals surface area contributed by atoms with Crippen molar-refractivity contribution in [1.29, 1.82) is 0 Å². The Morgan fingerprint density at radius 3 is 2.53 bits per heavy atom. The maximum absolute atomic E-state index is 13.5. The van der Waals surface area contributed by atoms with Gasteiger partial charge in [-0.15, -0.1) is 0 Å². The molecule has 0 aliphatic carbocycles. The first kappa shape index (κ1) is 21.2. The van der Waals surface area contributed by atoms with Gasteiger partial charge in [-0.1, -0.05) is 30.3 Å². The smallest absolute Gasteiger partial charge is 0.344 e. The highest BCUT2D eigenvalue weighted by atomic mass is 19.1. The van der Waals surface area contributed by atoms with Gasteiger partial charge in [-0.3, -0.25) is 4.79 Å². The molecule has 154 valence electrons. The minimum Gasteiger partial charge on any atom is -0.482 e. The molecule has 0 N–H and O–H groups in total. The predicted molar refractivity (Wildman–Crippen MR) is 111 cm³/mol.